The van der Waals surface area contributed by atoms with Crippen molar-refractivity contribution in [2.24, 2.45) is 0 Å². The quantitative estimate of drug-likeness (QED) is 0.431. The predicted molar refractivity (Wildman–Crippen MR) is 131 cm³/mol. The Morgan fingerprint density at radius 1 is 0.970 bits per heavy atom. The van der Waals surface area contributed by atoms with Crippen LogP contribution in [0.25, 0.3) is 10.8 Å². The molecule has 33 heavy (non-hydrogen) atoms. The molecule has 3 aromatic rings. The number of nitrogens with one attached hydrogen (secondary N) is 1. The molecule has 5 nitrogen and oxygen atoms in total. The van der Waals surface area contributed by atoms with Gasteiger partial charge in [0.25, 0.3) is 0 Å². The van der Waals surface area contributed by atoms with E-state index in [1.807, 2.05) is 43.3 Å². The van der Waals surface area contributed by atoms with Crippen molar-refractivity contribution in [2.75, 3.05) is 33.0 Å². The highest BCUT2D eigenvalue weighted by molar-refractivity contribution is 5.88. The lowest BCUT2D eigenvalue weighted by Gasteiger charge is -2.38. The van der Waals surface area contributed by atoms with Crippen LogP contribution in [0, 0.1) is 0 Å². The summed E-state index contributed by atoms with van der Waals surface area (Å²) in [5.41, 5.74) is 1.13. The Kier molecular flexibility index (Phi) is 7.84. The molecule has 0 spiro atoms. The van der Waals surface area contributed by atoms with E-state index in [0.717, 1.165) is 35.1 Å². The summed E-state index contributed by atoms with van der Waals surface area (Å²) in [7, 11) is 0. The van der Waals surface area contributed by atoms with Gasteiger partial charge in [0, 0.05) is 37.0 Å². The normalized spacial score (nSPS) is 15.2. The van der Waals surface area contributed by atoms with Gasteiger partial charge in [-0.05, 0) is 55.3 Å². The minimum absolute atomic E-state index is 0.0633. The summed E-state index contributed by atoms with van der Waals surface area (Å²) in [6.45, 7) is 5.19. The molecule has 0 aliphatic carbocycles. The third kappa shape index (κ3) is 5.85. The topological polar surface area (TPSA) is 56.8 Å². The van der Waals surface area contributed by atoms with E-state index in [2.05, 4.69) is 35.6 Å². The Morgan fingerprint density at radius 3 is 2.52 bits per heavy atom. The number of ether oxygens (including phenoxy) is 3. The zero-order valence-corrected chi connectivity index (χ0v) is 19.3. The van der Waals surface area contributed by atoms with Gasteiger partial charge in [0.2, 0.25) is 5.91 Å². The molecule has 0 bridgehead atoms. The molecule has 1 saturated heterocycles. The van der Waals surface area contributed by atoms with Crippen LogP contribution >= 0.6 is 0 Å². The molecule has 174 valence electrons. The summed E-state index contributed by atoms with van der Waals surface area (Å²) in [6.07, 6.45) is 2.91. The second-order valence-corrected chi connectivity index (χ2v) is 8.56. The Morgan fingerprint density at radius 2 is 1.73 bits per heavy atom. The number of hydrogen-bond donors (Lipinski definition) is 1. The molecule has 4 rings (SSSR count). The molecular formula is C28H33NO4. The van der Waals surface area contributed by atoms with E-state index >= 15 is 0 Å². The zero-order chi connectivity index (χ0) is 22.9. The van der Waals surface area contributed by atoms with Crippen molar-refractivity contribution >= 4 is 16.7 Å². The standard InChI is InChI=1S/C28H33NO4/c1-2-32-24-14-12-23(13-15-24)28(16-19-31-20-17-28)21-29-27(30)11-6-18-33-26-10-5-8-22-7-3-4-9-25(22)26/h3-5,7-10,12-15H,2,6,11,16-21H2,1H3,(H,29,30). The van der Waals surface area contributed by atoms with Crippen molar-refractivity contribution in [3.63, 3.8) is 0 Å². The number of benzene rings is 3. The number of carbonyl (C=O) groups excluding carboxylic acids is 1. The number of carbonyl (C=O) groups is 1. The van der Waals surface area contributed by atoms with Gasteiger partial charge in [0.05, 0.1) is 13.2 Å². The fourth-order valence-electron chi connectivity index (χ4n) is 4.49. The van der Waals surface area contributed by atoms with Crippen LogP contribution in [0.2, 0.25) is 0 Å². The molecule has 0 aromatic heterocycles. The zero-order valence-electron chi connectivity index (χ0n) is 19.3. The molecule has 0 atom stereocenters. The van der Waals surface area contributed by atoms with Gasteiger partial charge in [-0.2, -0.15) is 0 Å². The maximum absolute atomic E-state index is 12.6. The molecule has 3 aromatic carbocycles. The van der Waals surface area contributed by atoms with Crippen molar-refractivity contribution in [3.05, 3.63) is 72.3 Å². The van der Waals surface area contributed by atoms with Crippen LogP contribution in [-0.2, 0) is 14.9 Å². The Hall–Kier alpha value is -3.05. The lowest BCUT2D eigenvalue weighted by Crippen LogP contribution is -2.44. The summed E-state index contributed by atoms with van der Waals surface area (Å²) in [5, 5.41) is 5.43. The van der Waals surface area contributed by atoms with Crippen LogP contribution in [0.15, 0.2) is 66.7 Å². The van der Waals surface area contributed by atoms with E-state index in [1.165, 1.54) is 5.56 Å². The van der Waals surface area contributed by atoms with Gasteiger partial charge < -0.3 is 19.5 Å². The van der Waals surface area contributed by atoms with Gasteiger partial charge in [-0.3, -0.25) is 4.79 Å². The maximum atomic E-state index is 12.6. The van der Waals surface area contributed by atoms with E-state index in [9.17, 15) is 4.79 Å². The highest BCUT2D eigenvalue weighted by atomic mass is 16.5. The first-order valence-corrected chi connectivity index (χ1v) is 11.9. The van der Waals surface area contributed by atoms with Gasteiger partial charge >= 0.3 is 0 Å². The number of fused-ring (bicyclic) bond motifs is 1. The average Bonchev–Trinajstić information content (AvgIpc) is 2.87. The van der Waals surface area contributed by atoms with Crippen molar-refractivity contribution in [2.45, 2.75) is 38.0 Å². The molecule has 1 fully saturated rings. The van der Waals surface area contributed by atoms with E-state index in [4.69, 9.17) is 14.2 Å². The molecule has 1 aliphatic rings. The summed E-state index contributed by atoms with van der Waals surface area (Å²) in [5.74, 6) is 1.80. The third-order valence-electron chi connectivity index (χ3n) is 6.41. The third-order valence-corrected chi connectivity index (χ3v) is 6.41. The van der Waals surface area contributed by atoms with Gasteiger partial charge in [-0.25, -0.2) is 0 Å². The minimum atomic E-state index is -0.0991. The van der Waals surface area contributed by atoms with Gasteiger partial charge in [0.15, 0.2) is 0 Å². The molecule has 0 unspecified atom stereocenters. The average molecular weight is 448 g/mol. The van der Waals surface area contributed by atoms with Crippen LogP contribution in [0.5, 0.6) is 11.5 Å². The van der Waals surface area contributed by atoms with Crippen molar-refractivity contribution in [1.29, 1.82) is 0 Å². The lowest BCUT2D eigenvalue weighted by molar-refractivity contribution is -0.121. The molecule has 1 heterocycles. The first-order valence-electron chi connectivity index (χ1n) is 11.9. The van der Waals surface area contributed by atoms with Crippen LogP contribution in [0.3, 0.4) is 0 Å². The summed E-state index contributed by atoms with van der Waals surface area (Å²) < 4.78 is 17.2. The summed E-state index contributed by atoms with van der Waals surface area (Å²) in [6, 6.07) is 22.5. The van der Waals surface area contributed by atoms with Crippen LogP contribution in [-0.4, -0.2) is 38.9 Å². The summed E-state index contributed by atoms with van der Waals surface area (Å²) in [4.78, 5) is 12.6. The van der Waals surface area contributed by atoms with E-state index in [-0.39, 0.29) is 11.3 Å². The molecule has 1 N–H and O–H groups in total. The van der Waals surface area contributed by atoms with Crippen molar-refractivity contribution < 1.29 is 19.0 Å². The SMILES string of the molecule is CCOc1ccc(C2(CNC(=O)CCCOc3cccc4ccccc34)CCOCC2)cc1. The highest BCUT2D eigenvalue weighted by Crippen LogP contribution is 2.35. The molecule has 1 amide bonds. The van der Waals surface area contributed by atoms with E-state index < -0.39 is 0 Å². The molecule has 1 aliphatic heterocycles. The lowest BCUT2D eigenvalue weighted by atomic mass is 9.74. The minimum Gasteiger partial charge on any atom is -0.494 e. The van der Waals surface area contributed by atoms with Crippen molar-refractivity contribution in [1.82, 2.24) is 5.32 Å². The monoisotopic (exact) mass is 447 g/mol. The fraction of sp³-hybridized carbons (Fsp3) is 0.393. The summed E-state index contributed by atoms with van der Waals surface area (Å²) >= 11 is 0. The molecule has 0 saturated carbocycles. The first-order chi connectivity index (χ1) is 16.2. The Balaban J connectivity index is 1.29. The fourth-order valence-corrected chi connectivity index (χ4v) is 4.49. The van der Waals surface area contributed by atoms with Crippen LogP contribution < -0.4 is 14.8 Å². The number of rotatable bonds is 10. The van der Waals surface area contributed by atoms with Gasteiger partial charge in [-0.15, -0.1) is 0 Å². The smallest absolute Gasteiger partial charge is 0.220 e. The molecule has 0 radical (unpaired) electrons. The van der Waals surface area contributed by atoms with Gasteiger partial charge in [0.1, 0.15) is 11.5 Å². The first kappa shape index (κ1) is 23.1. The predicted octanol–water partition coefficient (Wildman–Crippen LogP) is 5.26. The number of amides is 1. The second kappa shape index (κ2) is 11.2. The maximum Gasteiger partial charge on any atom is 0.220 e. The highest BCUT2D eigenvalue weighted by Gasteiger charge is 2.34. The Labute approximate surface area is 196 Å². The van der Waals surface area contributed by atoms with E-state index in [0.29, 0.717) is 45.8 Å². The molecular weight excluding hydrogens is 414 g/mol. The number of hydrogen-bond acceptors (Lipinski definition) is 4. The van der Waals surface area contributed by atoms with Crippen LogP contribution in [0.1, 0.15) is 38.2 Å². The van der Waals surface area contributed by atoms with E-state index in [1.54, 1.807) is 0 Å². The van der Waals surface area contributed by atoms with Crippen molar-refractivity contribution in [3.8, 4) is 11.5 Å². The van der Waals surface area contributed by atoms with Gasteiger partial charge in [-0.1, -0.05) is 48.5 Å². The van der Waals surface area contributed by atoms with Crippen LogP contribution in [0.4, 0.5) is 0 Å². The second-order valence-electron chi connectivity index (χ2n) is 8.56. The largest absolute Gasteiger partial charge is 0.494 e. The molecule has 5 heteroatoms. The Bertz CT molecular complexity index is 1040.